The van der Waals surface area contributed by atoms with Gasteiger partial charge in [-0.05, 0) is 211 Å². The molecule has 5 aliphatic heterocycles. The van der Waals surface area contributed by atoms with Crippen LogP contribution in [0.3, 0.4) is 0 Å². The van der Waals surface area contributed by atoms with Crippen molar-refractivity contribution in [2.24, 2.45) is 11.7 Å². The first-order valence-electron chi connectivity index (χ1n) is 43.6. The number of nitrogens with zero attached hydrogens (tertiary/aromatic N) is 8. The molecule has 0 aromatic heterocycles. The second-order valence-electron chi connectivity index (χ2n) is 35.5. The molecule has 664 valence electrons. The molecule has 10 aromatic rings. The van der Waals surface area contributed by atoms with Gasteiger partial charge in [0, 0.05) is 121 Å². The Balaban J connectivity index is 0.000000162. The number of benzene rings is 10. The number of Topliss-reactive ketones (excluding diaryl/α,β-unsaturated/α-hetero) is 1. The van der Waals surface area contributed by atoms with Crippen molar-refractivity contribution in [1.29, 1.82) is 5.26 Å². The van der Waals surface area contributed by atoms with Crippen LogP contribution >= 0.6 is 0 Å². The van der Waals surface area contributed by atoms with Gasteiger partial charge in [0.15, 0.2) is 12.0 Å². The summed E-state index contributed by atoms with van der Waals surface area (Å²) in [6, 6.07) is 88.8. The molecular formula is C105H122N10O12. The van der Waals surface area contributed by atoms with E-state index in [1.54, 1.807) is 48.6 Å². The Bertz CT molecular complexity index is 5250. The van der Waals surface area contributed by atoms with Crippen LogP contribution < -0.4 is 11.1 Å². The van der Waals surface area contributed by atoms with Gasteiger partial charge in [0.25, 0.3) is 17.7 Å². The number of hydrogen-bond donors (Lipinski definition) is 3. The quantitative estimate of drug-likeness (QED) is 0.0489. The Hall–Kier alpha value is -13.2. The Morgan fingerprint density at radius 3 is 0.969 bits per heavy atom. The van der Waals surface area contributed by atoms with E-state index in [-0.39, 0.29) is 65.8 Å². The van der Waals surface area contributed by atoms with Crippen molar-refractivity contribution < 1.29 is 57.7 Å². The number of carboxylic acid groups (broad SMARTS) is 1. The number of carbonyl (C=O) groups is 8. The van der Waals surface area contributed by atoms with Gasteiger partial charge in [-0.1, -0.05) is 224 Å². The summed E-state index contributed by atoms with van der Waals surface area (Å²) in [7, 11) is 5.51. The SMILES string of the molecule is CC(C)(C)OC(=O)N1CCC(CC(=O)c2ccc(-c3ccccc3)cc2)C1.CC(C)(C)OC(=O)N1CCC(N)C1.CN(C(=O)c1ccc(-c2ccccc2)cc1)C1CCN(C#N)C1.CN(C(=O)c1ccc(-c2ccccc2)cc1)C1CCN(C(=O)OC(C)(C)C)C1.CN(C(=O)c1ccc(-c2ccccc2)cc1)C1CCNC1.O=C(O)c1ccc(-c2ccccc2)cc1. The van der Waals surface area contributed by atoms with E-state index in [2.05, 4.69) is 47.9 Å². The molecule has 5 aliphatic rings. The number of carbonyl (C=O) groups excluding carboxylic acids is 7. The van der Waals surface area contributed by atoms with Crippen LogP contribution in [0.4, 0.5) is 14.4 Å². The molecule has 0 saturated carbocycles. The summed E-state index contributed by atoms with van der Waals surface area (Å²) in [5.74, 6) is -0.493. The lowest BCUT2D eigenvalue weighted by molar-refractivity contribution is 0.0273. The van der Waals surface area contributed by atoms with Crippen molar-refractivity contribution in [2.75, 3.05) is 86.6 Å². The molecule has 5 heterocycles. The number of likely N-dealkylation sites (tertiary alicyclic amines) is 4. The van der Waals surface area contributed by atoms with Crippen LogP contribution in [0.5, 0.6) is 0 Å². The zero-order valence-corrected chi connectivity index (χ0v) is 75.3. The van der Waals surface area contributed by atoms with Crippen LogP contribution in [-0.4, -0.2) is 215 Å². The smallest absolute Gasteiger partial charge is 0.410 e. The largest absolute Gasteiger partial charge is 0.478 e. The van der Waals surface area contributed by atoms with Gasteiger partial charge in [-0.2, -0.15) is 5.26 Å². The van der Waals surface area contributed by atoms with E-state index in [1.165, 1.54) is 5.56 Å². The Morgan fingerprint density at radius 2 is 0.661 bits per heavy atom. The van der Waals surface area contributed by atoms with Crippen LogP contribution in [0.15, 0.2) is 273 Å². The van der Waals surface area contributed by atoms with E-state index in [0.717, 1.165) is 119 Å². The molecule has 0 bridgehead atoms. The average molecular weight is 1720 g/mol. The van der Waals surface area contributed by atoms with Crippen molar-refractivity contribution in [3.05, 3.63) is 301 Å². The number of rotatable bonds is 15. The van der Waals surface area contributed by atoms with E-state index in [9.17, 15) is 38.4 Å². The zero-order chi connectivity index (χ0) is 91.4. The summed E-state index contributed by atoms with van der Waals surface area (Å²) in [5.41, 5.74) is 18.5. The number of hydrogen-bond acceptors (Lipinski definition) is 15. The molecule has 5 unspecified atom stereocenters. The van der Waals surface area contributed by atoms with Gasteiger partial charge in [0.1, 0.15) is 16.8 Å². The van der Waals surface area contributed by atoms with Crippen LogP contribution in [0.1, 0.15) is 153 Å². The summed E-state index contributed by atoms with van der Waals surface area (Å²) in [4.78, 5) is 109. The predicted molar refractivity (Wildman–Crippen MR) is 501 cm³/mol. The predicted octanol–water partition coefficient (Wildman–Crippen LogP) is 19.4. The van der Waals surface area contributed by atoms with Crippen LogP contribution in [0.25, 0.3) is 55.6 Å². The van der Waals surface area contributed by atoms with Gasteiger partial charge in [0.2, 0.25) is 0 Å². The molecule has 5 atom stereocenters. The number of amides is 6. The van der Waals surface area contributed by atoms with Gasteiger partial charge in [-0.25, -0.2) is 19.2 Å². The Kier molecular flexibility index (Phi) is 34.5. The van der Waals surface area contributed by atoms with E-state index >= 15 is 0 Å². The standard InChI is InChI=1S/C23H28N2O3.C23H27NO3.C19H19N3O.C18H20N2O.C13H10O2.C9H18N2O2/c1-23(2,3)28-22(27)25-15-14-20(16-25)24(4)21(26)19-12-10-18(11-13-19)17-8-6-5-7-9-17;1-23(2,3)27-22(26)24-14-13-17(16-24)15-21(25)20-11-9-19(10-12-20)18-7-5-4-6-8-18;1-21(18-11-12-22(13-18)14-20)19(23)17-9-7-16(8-10-17)15-5-3-2-4-6-15;1-20(17-11-12-19-13-17)18(21)16-9-7-15(8-10-16)14-5-3-2-4-6-14;14-13(15)12-8-6-11(7-9-12)10-4-2-1-3-5-10;1-9(2,3)13-8(12)11-5-4-7(10)6-11/h5-13,20H,14-16H2,1-4H3;4-12,17H,13-16H2,1-3H3;2-10,18H,11-13H2,1H3;2-10,17,19H,11-13H2,1H3;1-9H,(H,14,15);7H,4-6,10H2,1-3H3. The normalized spacial score (nSPS) is 16.8. The summed E-state index contributed by atoms with van der Waals surface area (Å²) in [6.07, 6.45) is 6.10. The molecule has 22 nitrogen and oxygen atoms in total. The Labute approximate surface area is 748 Å². The fourth-order valence-corrected chi connectivity index (χ4v) is 15.2. The van der Waals surface area contributed by atoms with Crippen LogP contribution in [0.2, 0.25) is 0 Å². The van der Waals surface area contributed by atoms with Gasteiger partial charge < -0.3 is 64.7 Å². The van der Waals surface area contributed by atoms with E-state index in [4.69, 9.17) is 30.3 Å². The number of aromatic carboxylic acids is 1. The average Bonchev–Trinajstić information content (AvgIpc) is 1.81. The highest BCUT2D eigenvalue weighted by atomic mass is 16.6. The number of likely N-dealkylation sites (N-methyl/N-ethyl adjacent to an activating group) is 3. The molecule has 22 heteroatoms. The van der Waals surface area contributed by atoms with Crippen molar-refractivity contribution in [2.45, 2.75) is 142 Å². The summed E-state index contributed by atoms with van der Waals surface area (Å²) in [5, 5.41) is 21.0. The van der Waals surface area contributed by atoms with E-state index in [0.29, 0.717) is 68.4 Å². The highest BCUT2D eigenvalue weighted by molar-refractivity contribution is 5.98. The lowest BCUT2D eigenvalue weighted by Crippen LogP contribution is -2.41. The molecule has 6 amide bonds. The third kappa shape index (κ3) is 29.4. The number of nitrogens with one attached hydrogen (secondary N) is 1. The fourth-order valence-electron chi connectivity index (χ4n) is 15.2. The van der Waals surface area contributed by atoms with Crippen LogP contribution in [-0.2, 0) is 14.2 Å². The minimum Gasteiger partial charge on any atom is -0.478 e. The number of ketones is 1. The Morgan fingerprint density at radius 1 is 0.370 bits per heavy atom. The highest BCUT2D eigenvalue weighted by Gasteiger charge is 2.36. The molecule has 4 N–H and O–H groups in total. The van der Waals surface area contributed by atoms with Gasteiger partial charge in [0.05, 0.1) is 17.6 Å². The number of nitriles is 1. The number of ether oxygens (including phenoxy) is 3. The second kappa shape index (κ2) is 45.6. The molecule has 0 radical (unpaired) electrons. The molecular weight excluding hydrogens is 1590 g/mol. The van der Waals surface area contributed by atoms with Gasteiger partial charge in [-0.15, -0.1) is 0 Å². The molecule has 0 aliphatic carbocycles. The lowest BCUT2D eigenvalue weighted by atomic mass is 9.96. The first-order valence-corrected chi connectivity index (χ1v) is 43.6. The van der Waals surface area contributed by atoms with Crippen molar-refractivity contribution in [3.8, 4) is 61.8 Å². The third-order valence-corrected chi connectivity index (χ3v) is 22.3. The summed E-state index contributed by atoms with van der Waals surface area (Å²) < 4.78 is 16.1. The minimum atomic E-state index is -0.894. The molecule has 127 heavy (non-hydrogen) atoms. The molecule has 0 spiro atoms. The van der Waals surface area contributed by atoms with Crippen molar-refractivity contribution >= 4 is 47.8 Å². The van der Waals surface area contributed by atoms with Crippen molar-refractivity contribution in [1.82, 2.24) is 39.6 Å². The monoisotopic (exact) mass is 1710 g/mol. The summed E-state index contributed by atoms with van der Waals surface area (Å²) in [6.45, 7) is 23.7. The molecule has 10 aromatic carbocycles. The highest BCUT2D eigenvalue weighted by Crippen LogP contribution is 2.30. The van der Waals surface area contributed by atoms with Gasteiger partial charge >= 0.3 is 24.2 Å². The van der Waals surface area contributed by atoms with Crippen molar-refractivity contribution in [3.63, 3.8) is 0 Å². The summed E-state index contributed by atoms with van der Waals surface area (Å²) >= 11 is 0. The molecule has 5 fully saturated rings. The zero-order valence-electron chi connectivity index (χ0n) is 75.3. The topological polar surface area (TPSA) is 269 Å². The molecule has 5 saturated heterocycles. The van der Waals surface area contributed by atoms with Gasteiger partial charge in [-0.3, -0.25) is 19.2 Å². The third-order valence-electron chi connectivity index (χ3n) is 22.3. The lowest BCUT2D eigenvalue weighted by Gasteiger charge is -2.27. The first-order chi connectivity index (χ1) is 60.7. The maximum Gasteiger partial charge on any atom is 0.410 e. The minimum absolute atomic E-state index is 0.00572. The fraction of sp³-hybridized carbons (Fsp3) is 0.343. The second-order valence-corrected chi connectivity index (χ2v) is 35.5. The first kappa shape index (κ1) is 96.0. The van der Waals surface area contributed by atoms with Crippen LogP contribution in [0, 0.1) is 17.4 Å². The number of nitrogens with two attached hydrogens (primary N) is 1. The number of carboxylic acids is 1. The van der Waals surface area contributed by atoms with E-state index in [1.807, 2.05) is 306 Å². The maximum atomic E-state index is 12.9. The molecule has 15 rings (SSSR count). The maximum absolute atomic E-state index is 12.9. The van der Waals surface area contributed by atoms with E-state index < -0.39 is 22.8 Å².